The van der Waals surface area contributed by atoms with E-state index in [-0.39, 0.29) is 23.8 Å². The average Bonchev–Trinajstić information content (AvgIpc) is 2.34. The molecule has 0 unspecified atom stereocenters. The van der Waals surface area contributed by atoms with Crippen molar-refractivity contribution in [1.82, 2.24) is 0 Å². The van der Waals surface area contributed by atoms with Crippen molar-refractivity contribution in [2.24, 2.45) is 0 Å². The van der Waals surface area contributed by atoms with Crippen LogP contribution in [0.1, 0.15) is 26.2 Å². The van der Waals surface area contributed by atoms with E-state index >= 15 is 0 Å². The maximum atomic E-state index is 12.9. The zero-order valence-corrected chi connectivity index (χ0v) is 10.0. The van der Waals surface area contributed by atoms with E-state index in [9.17, 15) is 19.3 Å². The fourth-order valence-electron chi connectivity index (χ4n) is 1.38. The van der Waals surface area contributed by atoms with Gasteiger partial charge in [-0.25, -0.2) is 4.39 Å². The first-order chi connectivity index (χ1) is 8.54. The minimum absolute atomic E-state index is 0.104. The zero-order valence-electron chi connectivity index (χ0n) is 10.0. The van der Waals surface area contributed by atoms with E-state index in [0.29, 0.717) is 19.3 Å². The molecule has 0 heterocycles. The number of nitro benzene ring substituents is 1. The molecular formula is C12H14FNO4. The smallest absolute Gasteiger partial charge is 0.311 e. The van der Waals surface area contributed by atoms with Gasteiger partial charge in [-0.2, -0.15) is 0 Å². The molecule has 1 aromatic rings. The summed E-state index contributed by atoms with van der Waals surface area (Å²) in [5, 5.41) is 10.7. The summed E-state index contributed by atoms with van der Waals surface area (Å²) in [6, 6.07) is 3.03. The number of benzene rings is 1. The molecule has 0 aliphatic rings. The third-order valence-electron chi connectivity index (χ3n) is 2.37. The van der Waals surface area contributed by atoms with Crippen molar-refractivity contribution in [3.8, 4) is 5.75 Å². The molecule has 0 spiro atoms. The first-order valence-electron chi connectivity index (χ1n) is 5.63. The Kier molecular flexibility index (Phi) is 5.23. The predicted molar refractivity (Wildman–Crippen MR) is 63.1 cm³/mol. The van der Waals surface area contributed by atoms with Crippen LogP contribution in [0.25, 0.3) is 0 Å². The Bertz CT molecular complexity index is 448. The first kappa shape index (κ1) is 14.1. The Balaban J connectivity index is 2.58. The van der Waals surface area contributed by atoms with Gasteiger partial charge in [0.1, 0.15) is 11.6 Å². The highest BCUT2D eigenvalue weighted by Crippen LogP contribution is 2.27. The monoisotopic (exact) mass is 255 g/mol. The topological polar surface area (TPSA) is 69.4 Å². The fourth-order valence-corrected chi connectivity index (χ4v) is 1.38. The summed E-state index contributed by atoms with van der Waals surface area (Å²) in [6.45, 7) is 1.91. The normalized spacial score (nSPS) is 10.1. The molecule has 5 nitrogen and oxygen atoms in total. The molecule has 1 aromatic carbocycles. The summed E-state index contributed by atoms with van der Waals surface area (Å²) in [5.74, 6) is -0.600. The Morgan fingerprint density at radius 2 is 2.22 bits per heavy atom. The van der Waals surface area contributed by atoms with E-state index < -0.39 is 10.7 Å². The van der Waals surface area contributed by atoms with E-state index in [1.165, 1.54) is 0 Å². The Morgan fingerprint density at radius 1 is 1.50 bits per heavy atom. The molecule has 0 saturated carbocycles. The molecule has 0 bridgehead atoms. The van der Waals surface area contributed by atoms with Crippen molar-refractivity contribution in [1.29, 1.82) is 0 Å². The van der Waals surface area contributed by atoms with Gasteiger partial charge in [0, 0.05) is 25.0 Å². The second kappa shape index (κ2) is 6.68. The summed E-state index contributed by atoms with van der Waals surface area (Å²) >= 11 is 0. The molecule has 0 amide bonds. The van der Waals surface area contributed by atoms with E-state index in [0.717, 1.165) is 18.2 Å². The summed E-state index contributed by atoms with van der Waals surface area (Å²) < 4.78 is 18.1. The van der Waals surface area contributed by atoms with Gasteiger partial charge < -0.3 is 4.74 Å². The molecule has 0 atom stereocenters. The molecule has 0 saturated heterocycles. The number of halogens is 1. The van der Waals surface area contributed by atoms with Crippen molar-refractivity contribution >= 4 is 11.5 Å². The van der Waals surface area contributed by atoms with Crippen molar-refractivity contribution in [2.45, 2.75) is 26.2 Å². The largest absolute Gasteiger partial charge is 0.487 e. The second-order valence-corrected chi connectivity index (χ2v) is 3.71. The SMILES string of the molecule is CCC(=O)CCCOc1cc(F)ccc1[N+](=O)[O-]. The molecule has 0 aromatic heterocycles. The molecule has 1 rings (SSSR count). The Morgan fingerprint density at radius 3 is 2.83 bits per heavy atom. The van der Waals surface area contributed by atoms with Crippen molar-refractivity contribution < 1.29 is 18.8 Å². The van der Waals surface area contributed by atoms with Gasteiger partial charge in [0.25, 0.3) is 0 Å². The van der Waals surface area contributed by atoms with Crippen molar-refractivity contribution in [3.63, 3.8) is 0 Å². The summed E-state index contributed by atoms with van der Waals surface area (Å²) in [4.78, 5) is 21.1. The van der Waals surface area contributed by atoms with Crippen LogP contribution < -0.4 is 4.74 Å². The van der Waals surface area contributed by atoms with Crippen LogP contribution in [0.2, 0.25) is 0 Å². The molecule has 0 aliphatic carbocycles. The summed E-state index contributed by atoms with van der Waals surface area (Å²) in [6.07, 6.45) is 1.28. The lowest BCUT2D eigenvalue weighted by Crippen LogP contribution is -2.04. The van der Waals surface area contributed by atoms with Gasteiger partial charge in [0.2, 0.25) is 0 Å². The highest BCUT2D eigenvalue weighted by molar-refractivity contribution is 5.77. The van der Waals surface area contributed by atoms with Gasteiger partial charge in [-0.3, -0.25) is 14.9 Å². The van der Waals surface area contributed by atoms with Crippen LogP contribution in [0, 0.1) is 15.9 Å². The Hall–Kier alpha value is -1.98. The van der Waals surface area contributed by atoms with Gasteiger partial charge >= 0.3 is 5.69 Å². The molecular weight excluding hydrogens is 241 g/mol. The van der Waals surface area contributed by atoms with E-state index in [4.69, 9.17) is 4.74 Å². The molecule has 6 heteroatoms. The van der Waals surface area contributed by atoms with E-state index in [1.54, 1.807) is 6.92 Å². The van der Waals surface area contributed by atoms with E-state index in [2.05, 4.69) is 0 Å². The van der Waals surface area contributed by atoms with Crippen LogP contribution in [-0.4, -0.2) is 17.3 Å². The number of Topliss-reactive ketones (excluding diaryl/α,β-unsaturated/α-hetero) is 1. The molecule has 0 N–H and O–H groups in total. The number of carbonyl (C=O) groups excluding carboxylic acids is 1. The minimum Gasteiger partial charge on any atom is -0.487 e. The van der Waals surface area contributed by atoms with Crippen molar-refractivity contribution in [3.05, 3.63) is 34.1 Å². The first-order valence-corrected chi connectivity index (χ1v) is 5.63. The van der Waals surface area contributed by atoms with Gasteiger partial charge in [-0.15, -0.1) is 0 Å². The lowest BCUT2D eigenvalue weighted by atomic mass is 10.2. The van der Waals surface area contributed by atoms with Gasteiger partial charge in [-0.05, 0) is 12.5 Å². The van der Waals surface area contributed by atoms with Gasteiger partial charge in [0.05, 0.1) is 11.5 Å². The minimum atomic E-state index is -0.633. The molecule has 0 radical (unpaired) electrons. The predicted octanol–water partition coefficient (Wildman–Crippen LogP) is 2.87. The van der Waals surface area contributed by atoms with Gasteiger partial charge in [-0.1, -0.05) is 6.92 Å². The summed E-state index contributed by atoms with van der Waals surface area (Å²) in [5.41, 5.74) is -0.279. The number of nitrogens with zero attached hydrogens (tertiary/aromatic N) is 1. The number of hydrogen-bond donors (Lipinski definition) is 0. The average molecular weight is 255 g/mol. The number of carbonyl (C=O) groups is 1. The Labute approximate surface area is 104 Å². The quantitative estimate of drug-likeness (QED) is 0.426. The van der Waals surface area contributed by atoms with E-state index in [1.807, 2.05) is 0 Å². The van der Waals surface area contributed by atoms with Crippen LogP contribution in [0.5, 0.6) is 5.75 Å². The van der Waals surface area contributed by atoms with Crippen LogP contribution in [0.3, 0.4) is 0 Å². The third kappa shape index (κ3) is 4.12. The second-order valence-electron chi connectivity index (χ2n) is 3.71. The van der Waals surface area contributed by atoms with Crippen LogP contribution in [0.4, 0.5) is 10.1 Å². The lowest BCUT2D eigenvalue weighted by molar-refractivity contribution is -0.385. The summed E-state index contributed by atoms with van der Waals surface area (Å²) in [7, 11) is 0. The van der Waals surface area contributed by atoms with Gasteiger partial charge in [0.15, 0.2) is 5.75 Å². The zero-order chi connectivity index (χ0) is 13.5. The molecule has 18 heavy (non-hydrogen) atoms. The van der Waals surface area contributed by atoms with Crippen LogP contribution >= 0.6 is 0 Å². The molecule has 0 aliphatic heterocycles. The molecule has 0 fully saturated rings. The highest BCUT2D eigenvalue weighted by Gasteiger charge is 2.15. The highest BCUT2D eigenvalue weighted by atomic mass is 19.1. The van der Waals surface area contributed by atoms with Crippen LogP contribution in [-0.2, 0) is 4.79 Å². The fraction of sp³-hybridized carbons (Fsp3) is 0.417. The number of rotatable bonds is 7. The maximum absolute atomic E-state index is 12.9. The van der Waals surface area contributed by atoms with Crippen molar-refractivity contribution in [2.75, 3.05) is 6.61 Å². The third-order valence-corrected chi connectivity index (χ3v) is 2.37. The number of ether oxygens (including phenoxy) is 1. The maximum Gasteiger partial charge on any atom is 0.311 e. The molecule has 98 valence electrons. The van der Waals surface area contributed by atoms with Crippen LogP contribution in [0.15, 0.2) is 18.2 Å². The standard InChI is InChI=1S/C12H14FNO4/c1-2-10(15)4-3-7-18-12-8-9(13)5-6-11(12)14(16)17/h5-6,8H,2-4,7H2,1H3. The number of hydrogen-bond acceptors (Lipinski definition) is 4. The number of ketones is 1. The number of nitro groups is 1. The lowest BCUT2D eigenvalue weighted by Gasteiger charge is -2.06.